The third-order valence-electron chi connectivity index (χ3n) is 7.85. The lowest BCUT2D eigenvalue weighted by Gasteiger charge is -2.49. The second-order valence-electron chi connectivity index (χ2n) is 10.3. The van der Waals surface area contributed by atoms with Gasteiger partial charge in [-0.3, -0.25) is 0 Å². The number of nitrogens with two attached hydrogens (primary N) is 4. The normalized spacial score (nSPS) is 46.8. The lowest BCUT2D eigenvalue weighted by atomic mass is 9.71. The van der Waals surface area contributed by atoms with E-state index in [-0.39, 0.29) is 13.0 Å². The third kappa shape index (κ3) is 5.53. The Hall–Kier alpha value is -1.54. The molecule has 39 heavy (non-hydrogen) atoms. The Morgan fingerprint density at radius 2 is 1.54 bits per heavy atom. The van der Waals surface area contributed by atoms with Gasteiger partial charge in [0, 0.05) is 18.6 Å². The van der Waals surface area contributed by atoms with Gasteiger partial charge in [-0.05, 0) is 24.1 Å². The van der Waals surface area contributed by atoms with E-state index in [1.54, 1.807) is 24.3 Å². The predicted molar refractivity (Wildman–Crippen MR) is 133 cm³/mol. The smallest absolute Gasteiger partial charge is 0.187 e. The number of hydrogen-bond acceptors (Lipinski definition) is 15. The lowest BCUT2D eigenvalue weighted by Crippen LogP contribution is -2.68. The van der Waals surface area contributed by atoms with Crippen LogP contribution in [0.2, 0.25) is 0 Å². The van der Waals surface area contributed by atoms with E-state index < -0.39 is 91.7 Å². The molecule has 4 rings (SSSR count). The monoisotopic (exact) mass is 560 g/mol. The first-order chi connectivity index (χ1) is 18.5. The summed E-state index contributed by atoms with van der Waals surface area (Å²) in [6.07, 6.45) is -13.5. The van der Waals surface area contributed by atoms with Crippen LogP contribution in [0.4, 0.5) is 0 Å². The van der Waals surface area contributed by atoms with Crippen molar-refractivity contribution in [3.05, 3.63) is 29.8 Å². The van der Waals surface area contributed by atoms with Crippen LogP contribution in [0.5, 0.6) is 5.75 Å². The number of rotatable bonds is 8. The highest BCUT2D eigenvalue weighted by atomic mass is 16.8. The molecule has 14 atom stereocenters. The molecule has 0 radical (unpaired) electrons. The fraction of sp³-hybridized carbons (Fsp3) is 0.750. The maximum absolute atomic E-state index is 11.8. The topological polar surface area (TPSA) is 272 Å². The summed E-state index contributed by atoms with van der Waals surface area (Å²) in [5.74, 6) is 0.527. The molecule has 3 aliphatic rings. The summed E-state index contributed by atoms with van der Waals surface area (Å²) in [5, 5.41) is 64.2. The number of benzene rings is 1. The second kappa shape index (κ2) is 12.1. The van der Waals surface area contributed by atoms with E-state index in [0.29, 0.717) is 11.3 Å². The van der Waals surface area contributed by atoms with Crippen molar-refractivity contribution in [1.82, 2.24) is 0 Å². The molecule has 2 saturated heterocycles. The quantitative estimate of drug-likeness (QED) is 0.142. The minimum atomic E-state index is -1.96. The van der Waals surface area contributed by atoms with E-state index in [1.165, 1.54) is 7.11 Å². The van der Waals surface area contributed by atoms with Gasteiger partial charge in [-0.2, -0.15) is 0 Å². The first kappa shape index (κ1) is 30.4. The fourth-order valence-electron chi connectivity index (χ4n) is 5.43. The third-order valence-corrected chi connectivity index (χ3v) is 7.85. The molecule has 2 aliphatic heterocycles. The SMILES string of the molecule is COc1ccc([C@@]2(O)[C@H](O[C@@H]3O[C@H](CO)[C@@H](O[C@@H]4O[C@H](CN)[C@H](O)[C@@H](O)[C@@H]4N)[C@H]3O)[C@@H](O)[C@H](N)C[C@@H]2N)cc1. The Labute approximate surface area is 225 Å². The summed E-state index contributed by atoms with van der Waals surface area (Å²) in [6, 6.07) is 3.31. The minimum absolute atomic E-state index is 0.0655. The van der Waals surface area contributed by atoms with Crippen molar-refractivity contribution in [3.63, 3.8) is 0 Å². The minimum Gasteiger partial charge on any atom is -0.497 e. The highest BCUT2D eigenvalue weighted by Gasteiger charge is 2.57. The first-order valence-corrected chi connectivity index (χ1v) is 12.8. The van der Waals surface area contributed by atoms with Crippen LogP contribution in [-0.2, 0) is 24.5 Å². The van der Waals surface area contributed by atoms with Gasteiger partial charge in [-0.15, -0.1) is 0 Å². The molecule has 14 N–H and O–H groups in total. The molecule has 0 aromatic heterocycles. The van der Waals surface area contributed by atoms with Gasteiger partial charge in [0.05, 0.1) is 25.9 Å². The van der Waals surface area contributed by atoms with Gasteiger partial charge in [0.1, 0.15) is 54.1 Å². The Balaban J connectivity index is 1.57. The van der Waals surface area contributed by atoms with E-state index in [1.807, 2.05) is 0 Å². The number of aliphatic hydroxyl groups excluding tert-OH is 5. The van der Waals surface area contributed by atoms with E-state index in [0.717, 1.165) is 0 Å². The fourth-order valence-corrected chi connectivity index (χ4v) is 5.43. The van der Waals surface area contributed by atoms with E-state index in [9.17, 15) is 30.6 Å². The molecule has 1 aliphatic carbocycles. The van der Waals surface area contributed by atoms with Gasteiger partial charge < -0.3 is 77.3 Å². The predicted octanol–water partition coefficient (Wildman–Crippen LogP) is -5.12. The molecule has 0 unspecified atom stereocenters. The van der Waals surface area contributed by atoms with Gasteiger partial charge in [0.15, 0.2) is 12.6 Å². The molecule has 1 aromatic rings. The largest absolute Gasteiger partial charge is 0.497 e. The van der Waals surface area contributed by atoms with E-state index >= 15 is 0 Å². The highest BCUT2D eigenvalue weighted by Crippen LogP contribution is 2.41. The Kier molecular flexibility index (Phi) is 9.47. The Bertz CT molecular complexity index is 945. The highest BCUT2D eigenvalue weighted by molar-refractivity contribution is 5.34. The van der Waals surface area contributed by atoms with Crippen molar-refractivity contribution < 1.29 is 54.3 Å². The summed E-state index contributed by atoms with van der Waals surface area (Å²) < 4.78 is 28.2. The van der Waals surface area contributed by atoms with Crippen LogP contribution in [0.1, 0.15) is 12.0 Å². The molecule has 2 heterocycles. The maximum atomic E-state index is 11.8. The number of ether oxygens (including phenoxy) is 5. The van der Waals surface area contributed by atoms with Crippen LogP contribution in [0, 0.1) is 0 Å². The number of aliphatic hydroxyl groups is 6. The average molecular weight is 561 g/mol. The molecular weight excluding hydrogens is 520 g/mol. The van der Waals surface area contributed by atoms with Crippen LogP contribution in [0.3, 0.4) is 0 Å². The van der Waals surface area contributed by atoms with Crippen LogP contribution in [0.25, 0.3) is 0 Å². The zero-order chi connectivity index (χ0) is 28.6. The van der Waals surface area contributed by atoms with Crippen LogP contribution < -0.4 is 27.7 Å². The van der Waals surface area contributed by atoms with Crippen molar-refractivity contribution in [1.29, 1.82) is 0 Å². The average Bonchev–Trinajstić information content (AvgIpc) is 3.23. The molecular formula is C24H40N4O11. The van der Waals surface area contributed by atoms with Gasteiger partial charge in [-0.25, -0.2) is 0 Å². The molecule has 1 saturated carbocycles. The first-order valence-electron chi connectivity index (χ1n) is 12.8. The Morgan fingerprint density at radius 1 is 0.897 bits per heavy atom. The number of methoxy groups -OCH3 is 1. The van der Waals surface area contributed by atoms with Crippen molar-refractivity contribution in [3.8, 4) is 5.75 Å². The molecule has 0 bridgehead atoms. The summed E-state index contributed by atoms with van der Waals surface area (Å²) in [5.41, 5.74) is 22.4. The molecule has 222 valence electrons. The zero-order valence-corrected chi connectivity index (χ0v) is 21.5. The van der Waals surface area contributed by atoms with Crippen LogP contribution in [0.15, 0.2) is 24.3 Å². The van der Waals surface area contributed by atoms with Crippen molar-refractivity contribution in [2.75, 3.05) is 20.3 Å². The van der Waals surface area contributed by atoms with Gasteiger partial charge in [0.2, 0.25) is 0 Å². The Morgan fingerprint density at radius 3 is 2.13 bits per heavy atom. The van der Waals surface area contributed by atoms with E-state index in [2.05, 4.69) is 0 Å². The maximum Gasteiger partial charge on any atom is 0.187 e. The zero-order valence-electron chi connectivity index (χ0n) is 21.5. The summed E-state index contributed by atoms with van der Waals surface area (Å²) in [7, 11) is 1.49. The molecule has 0 spiro atoms. The van der Waals surface area contributed by atoms with Gasteiger partial charge in [0.25, 0.3) is 0 Å². The molecule has 15 heteroatoms. The van der Waals surface area contributed by atoms with Crippen LogP contribution in [-0.4, -0.2) is 130 Å². The summed E-state index contributed by atoms with van der Waals surface area (Å²) in [4.78, 5) is 0. The summed E-state index contributed by atoms with van der Waals surface area (Å²) >= 11 is 0. The van der Waals surface area contributed by atoms with Crippen molar-refractivity contribution in [2.24, 2.45) is 22.9 Å². The number of hydrogen-bond donors (Lipinski definition) is 10. The van der Waals surface area contributed by atoms with Crippen molar-refractivity contribution >= 4 is 0 Å². The molecule has 3 fully saturated rings. The molecule has 1 aromatic carbocycles. The molecule has 0 amide bonds. The van der Waals surface area contributed by atoms with Crippen LogP contribution >= 0.6 is 0 Å². The second-order valence-corrected chi connectivity index (χ2v) is 10.3. The standard InChI is InChI=1S/C24H40N4O11/c1-35-10-4-2-9(3-5-10)24(34)14(27)6-11(26)16(30)21(24)39-23-19(33)20(13(8-29)37-23)38-22-15(28)18(32)17(31)12(7-25)36-22/h2-5,11-23,29-34H,6-8,25-28H2,1H3/t11-,12-,13-,14+,15+,16+,17+,18+,19-,20-,21-,22+,23+,24+/m1/s1. The van der Waals surface area contributed by atoms with Crippen molar-refractivity contribution in [2.45, 2.75) is 91.6 Å². The van der Waals surface area contributed by atoms with Gasteiger partial charge >= 0.3 is 0 Å². The van der Waals surface area contributed by atoms with E-state index in [4.69, 9.17) is 46.6 Å². The molecule has 15 nitrogen and oxygen atoms in total. The van der Waals surface area contributed by atoms with Gasteiger partial charge in [-0.1, -0.05) is 12.1 Å². The lowest BCUT2D eigenvalue weighted by molar-refractivity contribution is -0.282. The summed E-state index contributed by atoms with van der Waals surface area (Å²) in [6.45, 7) is -0.766.